The number of carbonyl (C=O) groups excluding carboxylic acids is 1. The van der Waals surface area contributed by atoms with Gasteiger partial charge in [-0.05, 0) is 50.1 Å². The Morgan fingerprint density at radius 3 is 2.54 bits per heavy atom. The first-order valence-electron chi connectivity index (χ1n) is 11.7. The van der Waals surface area contributed by atoms with Crippen LogP contribution in [0.15, 0.2) is 51.7 Å². The average Bonchev–Trinajstić information content (AvgIpc) is 3.43. The maximum absolute atomic E-state index is 13.7. The highest BCUT2D eigenvalue weighted by atomic mass is 32.1. The number of aryl methyl sites for hydroxylation is 1. The third kappa shape index (κ3) is 3.95. The van der Waals surface area contributed by atoms with Crippen molar-refractivity contribution in [3.05, 3.63) is 74.6 Å². The van der Waals surface area contributed by atoms with E-state index in [1.54, 1.807) is 30.3 Å². The van der Waals surface area contributed by atoms with E-state index in [2.05, 4.69) is 17.1 Å². The van der Waals surface area contributed by atoms with E-state index in [1.165, 1.54) is 16.2 Å². The van der Waals surface area contributed by atoms with Crippen LogP contribution in [-0.4, -0.2) is 29.3 Å². The van der Waals surface area contributed by atoms with Crippen molar-refractivity contribution in [2.75, 3.05) is 18.1 Å². The summed E-state index contributed by atoms with van der Waals surface area (Å²) in [6, 6.07) is 11.7. The van der Waals surface area contributed by atoms with Gasteiger partial charge in [-0.25, -0.2) is 0 Å². The summed E-state index contributed by atoms with van der Waals surface area (Å²) in [7, 11) is 0. The molecule has 2 aromatic heterocycles. The number of hydrogen-bond acceptors (Lipinski definition) is 8. The van der Waals surface area contributed by atoms with Gasteiger partial charge >= 0.3 is 0 Å². The van der Waals surface area contributed by atoms with Crippen LogP contribution in [0.5, 0.6) is 11.5 Å². The highest BCUT2D eigenvalue weighted by Gasteiger charge is 2.45. The van der Waals surface area contributed by atoms with Gasteiger partial charge < -0.3 is 13.9 Å². The van der Waals surface area contributed by atoms with Gasteiger partial charge in [-0.1, -0.05) is 36.5 Å². The third-order valence-corrected chi connectivity index (χ3v) is 6.77. The van der Waals surface area contributed by atoms with E-state index in [4.69, 9.17) is 13.9 Å². The molecule has 5 rings (SSSR count). The van der Waals surface area contributed by atoms with Crippen LogP contribution in [0.2, 0.25) is 0 Å². The molecular weight excluding hydrogens is 466 g/mol. The lowest BCUT2D eigenvalue weighted by molar-refractivity contribution is 0.0970. The topological polar surface area (TPSA) is 94.8 Å². The molecule has 4 aromatic rings. The first kappa shape index (κ1) is 23.0. The number of fused-ring (bicyclic) bond motifs is 2. The summed E-state index contributed by atoms with van der Waals surface area (Å²) in [4.78, 5) is 28.9. The monoisotopic (exact) mass is 491 g/mol. The molecule has 1 unspecified atom stereocenters. The van der Waals surface area contributed by atoms with Gasteiger partial charge in [-0.15, -0.1) is 10.2 Å². The van der Waals surface area contributed by atoms with Crippen molar-refractivity contribution in [1.82, 2.24) is 10.2 Å². The Morgan fingerprint density at radius 1 is 1.00 bits per heavy atom. The summed E-state index contributed by atoms with van der Waals surface area (Å²) >= 11 is 1.35. The van der Waals surface area contributed by atoms with Crippen molar-refractivity contribution < 1.29 is 18.7 Å². The van der Waals surface area contributed by atoms with Gasteiger partial charge in [-0.2, -0.15) is 0 Å². The number of amides is 1. The maximum atomic E-state index is 13.7. The molecule has 0 spiro atoms. The number of ether oxygens (including phenoxy) is 2. The molecule has 0 saturated heterocycles. The summed E-state index contributed by atoms with van der Waals surface area (Å²) in [5, 5.41) is 10.2. The van der Waals surface area contributed by atoms with Crippen molar-refractivity contribution in [2.24, 2.45) is 0 Å². The van der Waals surface area contributed by atoms with Gasteiger partial charge in [0.25, 0.3) is 5.91 Å². The zero-order chi connectivity index (χ0) is 24.5. The van der Waals surface area contributed by atoms with E-state index in [9.17, 15) is 9.59 Å². The summed E-state index contributed by atoms with van der Waals surface area (Å²) in [5.41, 5.74) is 1.11. The summed E-state index contributed by atoms with van der Waals surface area (Å²) in [5.74, 6) is 0.749. The summed E-state index contributed by atoms with van der Waals surface area (Å²) in [6.45, 7) is 6.77. The average molecular weight is 492 g/mol. The predicted molar refractivity (Wildman–Crippen MR) is 134 cm³/mol. The number of rotatable bonds is 8. The molecule has 1 aliphatic rings. The Labute approximate surface area is 206 Å². The fourth-order valence-electron chi connectivity index (χ4n) is 4.33. The molecule has 1 atom stereocenters. The van der Waals surface area contributed by atoms with Crippen molar-refractivity contribution >= 4 is 33.3 Å². The van der Waals surface area contributed by atoms with Gasteiger partial charge in [0.1, 0.15) is 10.6 Å². The fourth-order valence-corrected chi connectivity index (χ4v) is 5.29. The molecule has 3 heterocycles. The lowest BCUT2D eigenvalue weighted by atomic mass is 9.98. The first-order chi connectivity index (χ1) is 17.1. The van der Waals surface area contributed by atoms with Crippen LogP contribution in [-0.2, 0) is 6.42 Å². The zero-order valence-electron chi connectivity index (χ0n) is 19.7. The van der Waals surface area contributed by atoms with Crippen molar-refractivity contribution in [2.45, 2.75) is 39.7 Å². The lowest BCUT2D eigenvalue weighted by Gasteiger charge is -2.23. The van der Waals surface area contributed by atoms with Gasteiger partial charge in [0.05, 0.1) is 30.2 Å². The number of carbonyl (C=O) groups is 1. The minimum absolute atomic E-state index is 0.0257. The molecule has 0 radical (unpaired) electrons. The molecule has 9 heteroatoms. The molecule has 0 bridgehead atoms. The second-order valence-corrected chi connectivity index (χ2v) is 9.09. The Balaban J connectivity index is 1.73. The van der Waals surface area contributed by atoms with E-state index < -0.39 is 11.9 Å². The SMILES string of the molecule is CCCc1nnc(N2C(=O)c3oc4ccccc4c(=O)c3C2c2ccc(OCC)c(OCC)c2)s1. The van der Waals surface area contributed by atoms with E-state index in [1.807, 2.05) is 26.0 Å². The first-order valence-corrected chi connectivity index (χ1v) is 12.5. The highest BCUT2D eigenvalue weighted by Crippen LogP contribution is 2.44. The Morgan fingerprint density at radius 2 is 1.77 bits per heavy atom. The molecule has 180 valence electrons. The van der Waals surface area contributed by atoms with Crippen LogP contribution in [0.25, 0.3) is 11.0 Å². The van der Waals surface area contributed by atoms with Crippen LogP contribution in [0.3, 0.4) is 0 Å². The molecule has 0 saturated carbocycles. The van der Waals surface area contributed by atoms with Crippen molar-refractivity contribution in [3.63, 3.8) is 0 Å². The van der Waals surface area contributed by atoms with Crippen LogP contribution >= 0.6 is 11.3 Å². The number of aromatic nitrogens is 2. The van der Waals surface area contributed by atoms with Gasteiger partial charge in [0, 0.05) is 6.42 Å². The molecule has 0 fully saturated rings. The molecule has 8 nitrogen and oxygen atoms in total. The van der Waals surface area contributed by atoms with Crippen LogP contribution in [0.1, 0.15) is 59.9 Å². The largest absolute Gasteiger partial charge is 0.490 e. The third-order valence-electron chi connectivity index (χ3n) is 5.79. The van der Waals surface area contributed by atoms with Crippen LogP contribution < -0.4 is 19.8 Å². The van der Waals surface area contributed by atoms with Crippen LogP contribution in [0.4, 0.5) is 5.13 Å². The molecular formula is C26H25N3O5S. The van der Waals surface area contributed by atoms with E-state index in [0.717, 1.165) is 17.8 Å². The minimum atomic E-state index is -0.740. The Bertz CT molecular complexity index is 1460. The lowest BCUT2D eigenvalue weighted by Crippen LogP contribution is -2.29. The zero-order valence-corrected chi connectivity index (χ0v) is 20.6. The highest BCUT2D eigenvalue weighted by molar-refractivity contribution is 7.15. The van der Waals surface area contributed by atoms with Gasteiger partial charge in [0.15, 0.2) is 16.9 Å². The van der Waals surface area contributed by atoms with E-state index >= 15 is 0 Å². The van der Waals surface area contributed by atoms with Gasteiger partial charge in [-0.3, -0.25) is 14.5 Å². The molecule has 0 N–H and O–H groups in total. The number of nitrogens with zero attached hydrogens (tertiary/aromatic N) is 3. The summed E-state index contributed by atoms with van der Waals surface area (Å²) < 4.78 is 17.5. The van der Waals surface area contributed by atoms with Gasteiger partial charge in [0.2, 0.25) is 10.9 Å². The quantitative estimate of drug-likeness (QED) is 0.337. The van der Waals surface area contributed by atoms with Crippen molar-refractivity contribution in [1.29, 1.82) is 0 Å². The van der Waals surface area contributed by atoms with E-state index in [-0.39, 0.29) is 16.8 Å². The minimum Gasteiger partial charge on any atom is -0.490 e. The number of benzene rings is 2. The molecule has 1 aliphatic heterocycles. The standard InChI is InChI=1S/C26H25N3O5S/c1-4-9-20-27-28-26(35-20)29-22(15-12-13-18(32-5-2)19(14-15)33-6-3)21-23(30)16-10-7-8-11-17(16)34-24(21)25(29)31/h7-8,10-14,22H,4-6,9H2,1-3H3. The summed E-state index contributed by atoms with van der Waals surface area (Å²) in [6.07, 6.45) is 1.67. The maximum Gasteiger partial charge on any atom is 0.297 e. The fraction of sp³-hybridized carbons (Fsp3) is 0.308. The molecule has 0 aliphatic carbocycles. The number of hydrogen-bond donors (Lipinski definition) is 0. The predicted octanol–water partition coefficient (Wildman–Crippen LogP) is 5.14. The molecule has 2 aromatic carbocycles. The second kappa shape index (κ2) is 9.50. The Hall–Kier alpha value is -3.72. The number of anilines is 1. The second-order valence-electron chi connectivity index (χ2n) is 8.05. The van der Waals surface area contributed by atoms with E-state index in [0.29, 0.717) is 46.4 Å². The van der Waals surface area contributed by atoms with Crippen molar-refractivity contribution in [3.8, 4) is 11.5 Å². The molecule has 35 heavy (non-hydrogen) atoms. The Kier molecular flexibility index (Phi) is 6.25. The normalized spacial score (nSPS) is 15.0. The number of para-hydroxylation sites is 1. The molecule has 1 amide bonds. The smallest absolute Gasteiger partial charge is 0.297 e. The van der Waals surface area contributed by atoms with Crippen LogP contribution in [0, 0.1) is 0 Å².